The minimum absolute atomic E-state index is 0.0406. The third kappa shape index (κ3) is 6.22. The number of ether oxygens (including phenoxy) is 1. The van der Waals surface area contributed by atoms with Crippen molar-refractivity contribution < 1.29 is 19.1 Å². The number of benzene rings is 1. The number of carbonyl (C=O) groups excluding carboxylic acids is 3. The highest BCUT2D eigenvalue weighted by molar-refractivity contribution is 6.09. The average Bonchev–Trinajstić information content (AvgIpc) is 2.86. The number of amides is 2. The molecule has 1 aromatic carbocycles. The predicted molar refractivity (Wildman–Crippen MR) is 125 cm³/mol. The summed E-state index contributed by atoms with van der Waals surface area (Å²) in [6.45, 7) is 6.44. The number of carbonyl (C=O) groups is 3. The maximum absolute atomic E-state index is 13.0. The van der Waals surface area contributed by atoms with Crippen molar-refractivity contribution >= 4 is 29.2 Å². The van der Waals surface area contributed by atoms with E-state index in [9.17, 15) is 14.4 Å². The minimum atomic E-state index is -0.410. The quantitative estimate of drug-likeness (QED) is 0.474. The number of nitrogens with zero attached hydrogens (tertiary/aromatic N) is 1. The highest BCUT2D eigenvalue weighted by atomic mass is 16.5. The molecule has 0 unspecified atom stereocenters. The van der Waals surface area contributed by atoms with Crippen LogP contribution in [0, 0.1) is 13.8 Å². The molecular formula is C25H33N3O4. The van der Waals surface area contributed by atoms with E-state index in [1.807, 2.05) is 26.0 Å². The molecule has 0 aromatic heterocycles. The summed E-state index contributed by atoms with van der Waals surface area (Å²) >= 11 is 0. The molecule has 1 aliphatic heterocycles. The Morgan fingerprint density at radius 1 is 1.19 bits per heavy atom. The number of allylic oxidation sites excluding steroid dienone is 1. The zero-order valence-corrected chi connectivity index (χ0v) is 19.3. The maximum atomic E-state index is 13.0. The van der Waals surface area contributed by atoms with E-state index in [1.165, 1.54) is 29.4 Å². The van der Waals surface area contributed by atoms with Gasteiger partial charge in [0, 0.05) is 18.3 Å². The van der Waals surface area contributed by atoms with Crippen LogP contribution >= 0.6 is 0 Å². The molecule has 7 nitrogen and oxygen atoms in total. The zero-order chi connectivity index (χ0) is 23.1. The summed E-state index contributed by atoms with van der Waals surface area (Å²) in [5, 5.41) is 6.14. The fourth-order valence-corrected chi connectivity index (χ4v) is 4.00. The Labute approximate surface area is 189 Å². The predicted octanol–water partition coefficient (Wildman–Crippen LogP) is 3.91. The Morgan fingerprint density at radius 2 is 1.97 bits per heavy atom. The van der Waals surface area contributed by atoms with Crippen LogP contribution in [0.25, 0.3) is 0 Å². The first kappa shape index (κ1) is 23.6. The monoisotopic (exact) mass is 439 g/mol. The van der Waals surface area contributed by atoms with Crippen molar-refractivity contribution in [1.82, 2.24) is 5.32 Å². The van der Waals surface area contributed by atoms with Crippen LogP contribution in [0.2, 0.25) is 0 Å². The van der Waals surface area contributed by atoms with Crippen LogP contribution in [0.4, 0.5) is 11.4 Å². The zero-order valence-electron chi connectivity index (χ0n) is 19.3. The summed E-state index contributed by atoms with van der Waals surface area (Å²) in [7, 11) is 0. The van der Waals surface area contributed by atoms with Crippen molar-refractivity contribution in [3.8, 4) is 0 Å². The molecule has 0 atom stereocenters. The fourth-order valence-electron chi connectivity index (χ4n) is 4.00. The smallest absolute Gasteiger partial charge is 0.311 e. The van der Waals surface area contributed by atoms with Crippen molar-refractivity contribution in [3.63, 3.8) is 0 Å². The van der Waals surface area contributed by atoms with Crippen LogP contribution in [0.1, 0.15) is 56.6 Å². The van der Waals surface area contributed by atoms with Gasteiger partial charge in [0.15, 0.2) is 0 Å². The second kappa shape index (κ2) is 11.0. The number of aryl methyl sites for hydroxylation is 2. The number of fused-ring (bicyclic) bond motifs is 1. The largest absolute Gasteiger partial charge is 0.466 e. The normalized spacial score (nSPS) is 15.7. The Balaban J connectivity index is 1.74. The van der Waals surface area contributed by atoms with E-state index in [4.69, 9.17) is 4.74 Å². The van der Waals surface area contributed by atoms with Crippen molar-refractivity contribution in [2.45, 2.75) is 59.3 Å². The van der Waals surface area contributed by atoms with Gasteiger partial charge in [-0.3, -0.25) is 19.3 Å². The number of hydrogen-bond donors (Lipinski definition) is 2. The lowest BCUT2D eigenvalue weighted by Crippen LogP contribution is -2.40. The van der Waals surface area contributed by atoms with Gasteiger partial charge in [-0.05, 0) is 76.1 Å². The molecule has 0 radical (unpaired) electrons. The van der Waals surface area contributed by atoms with Gasteiger partial charge in [0.05, 0.1) is 24.4 Å². The van der Waals surface area contributed by atoms with Gasteiger partial charge in [-0.25, -0.2) is 0 Å². The van der Waals surface area contributed by atoms with Crippen molar-refractivity contribution in [1.29, 1.82) is 0 Å². The van der Waals surface area contributed by atoms with E-state index < -0.39 is 5.97 Å². The van der Waals surface area contributed by atoms with Crippen LogP contribution < -0.4 is 15.5 Å². The first-order valence-electron chi connectivity index (χ1n) is 11.4. The highest BCUT2D eigenvalue weighted by Crippen LogP contribution is 2.33. The summed E-state index contributed by atoms with van der Waals surface area (Å²) in [6.07, 6.45) is 9.14. The average molecular weight is 440 g/mol. The molecule has 1 aromatic rings. The molecule has 0 saturated heterocycles. The van der Waals surface area contributed by atoms with Gasteiger partial charge >= 0.3 is 5.97 Å². The SMILES string of the molecule is CCOC(=O)CC1=CC(=O)N(CC(=O)NCCC2=CCCCC2)c2cc(C)c(C)cc2N1. The third-order valence-corrected chi connectivity index (χ3v) is 5.86. The molecule has 3 rings (SSSR count). The van der Waals surface area contributed by atoms with Crippen LogP contribution in [0.3, 0.4) is 0 Å². The number of rotatable bonds is 8. The molecule has 1 heterocycles. The summed E-state index contributed by atoms with van der Waals surface area (Å²) < 4.78 is 5.02. The molecule has 172 valence electrons. The van der Waals surface area contributed by atoms with Gasteiger partial charge in [-0.1, -0.05) is 11.6 Å². The van der Waals surface area contributed by atoms with E-state index >= 15 is 0 Å². The molecule has 0 bridgehead atoms. The Bertz CT molecular complexity index is 949. The van der Waals surface area contributed by atoms with E-state index in [-0.39, 0.29) is 31.4 Å². The topological polar surface area (TPSA) is 87.7 Å². The summed E-state index contributed by atoms with van der Waals surface area (Å²) in [4.78, 5) is 39.2. The number of anilines is 2. The molecule has 0 saturated carbocycles. The number of nitrogens with one attached hydrogen (secondary N) is 2. The second-order valence-corrected chi connectivity index (χ2v) is 8.36. The molecule has 2 aliphatic rings. The van der Waals surface area contributed by atoms with E-state index in [1.54, 1.807) is 6.92 Å². The molecule has 1 aliphatic carbocycles. The van der Waals surface area contributed by atoms with Gasteiger partial charge < -0.3 is 15.4 Å². The standard InChI is InChI=1S/C25H33N3O4/c1-4-32-25(31)15-20-14-24(30)28(22-13-18(3)17(2)12-21(22)27-20)16-23(29)26-11-10-19-8-6-5-7-9-19/h8,12-14,27H,4-7,9-11,15-16H2,1-3H3,(H,26,29). The molecule has 0 fully saturated rings. The van der Waals surface area contributed by atoms with Crippen LogP contribution in [0.15, 0.2) is 35.6 Å². The van der Waals surface area contributed by atoms with Crippen molar-refractivity contribution in [2.75, 3.05) is 29.9 Å². The first-order valence-corrected chi connectivity index (χ1v) is 11.4. The Hall–Kier alpha value is -3.09. The van der Waals surface area contributed by atoms with Crippen LogP contribution in [0.5, 0.6) is 0 Å². The van der Waals surface area contributed by atoms with Crippen LogP contribution in [-0.4, -0.2) is 37.5 Å². The maximum Gasteiger partial charge on any atom is 0.311 e. The van der Waals surface area contributed by atoms with Crippen molar-refractivity contribution in [3.05, 3.63) is 46.7 Å². The highest BCUT2D eigenvalue weighted by Gasteiger charge is 2.26. The van der Waals surface area contributed by atoms with Gasteiger partial charge in [0.25, 0.3) is 5.91 Å². The van der Waals surface area contributed by atoms with Crippen LogP contribution in [-0.2, 0) is 19.1 Å². The summed E-state index contributed by atoms with van der Waals surface area (Å²) in [5.41, 5.74) is 5.22. The Kier molecular flexibility index (Phi) is 8.09. The molecule has 2 amide bonds. The summed E-state index contributed by atoms with van der Waals surface area (Å²) in [6, 6.07) is 3.83. The number of hydrogen-bond acceptors (Lipinski definition) is 5. The lowest BCUT2D eigenvalue weighted by Gasteiger charge is -2.23. The molecule has 32 heavy (non-hydrogen) atoms. The van der Waals surface area contributed by atoms with Gasteiger partial charge in [0.1, 0.15) is 6.54 Å². The van der Waals surface area contributed by atoms with Gasteiger partial charge in [0.2, 0.25) is 5.91 Å². The van der Waals surface area contributed by atoms with Gasteiger partial charge in [-0.15, -0.1) is 0 Å². The second-order valence-electron chi connectivity index (χ2n) is 8.36. The lowest BCUT2D eigenvalue weighted by atomic mass is 9.97. The fraction of sp³-hybridized carbons (Fsp3) is 0.480. The molecule has 2 N–H and O–H groups in total. The minimum Gasteiger partial charge on any atom is -0.466 e. The molecule has 7 heteroatoms. The molecular weight excluding hydrogens is 406 g/mol. The third-order valence-electron chi connectivity index (χ3n) is 5.86. The van der Waals surface area contributed by atoms with E-state index in [2.05, 4.69) is 16.7 Å². The Morgan fingerprint density at radius 3 is 2.69 bits per heavy atom. The van der Waals surface area contributed by atoms with Crippen molar-refractivity contribution in [2.24, 2.45) is 0 Å². The number of esters is 1. The van der Waals surface area contributed by atoms with E-state index in [0.717, 1.165) is 30.4 Å². The summed E-state index contributed by atoms with van der Waals surface area (Å²) in [5.74, 6) is -0.960. The van der Waals surface area contributed by atoms with Gasteiger partial charge in [-0.2, -0.15) is 0 Å². The van der Waals surface area contributed by atoms with E-state index in [0.29, 0.717) is 23.6 Å². The first-order chi connectivity index (χ1) is 15.4. The molecule has 0 spiro atoms. The lowest BCUT2D eigenvalue weighted by molar-refractivity contribution is -0.142.